The lowest BCUT2D eigenvalue weighted by Crippen LogP contribution is -2.42. The summed E-state index contributed by atoms with van der Waals surface area (Å²) >= 11 is 0. The maximum atomic E-state index is 12.2. The number of nitrogens with two attached hydrogens (primary N) is 3. The van der Waals surface area contributed by atoms with Gasteiger partial charge in [-0.3, -0.25) is 4.84 Å². The molecule has 0 aromatic heterocycles. The molecule has 0 atom stereocenters. The Hall–Kier alpha value is -2.55. The third-order valence-electron chi connectivity index (χ3n) is 5.21. The van der Waals surface area contributed by atoms with Gasteiger partial charge in [-0.2, -0.15) is 13.2 Å². The van der Waals surface area contributed by atoms with Gasteiger partial charge in [-0.25, -0.2) is 5.06 Å². The Morgan fingerprint density at radius 1 is 0.946 bits per heavy atom. The molecule has 2 aromatic rings. The van der Waals surface area contributed by atoms with E-state index in [0.29, 0.717) is 0 Å². The third kappa shape index (κ3) is 14.7. The van der Waals surface area contributed by atoms with E-state index in [1.807, 2.05) is 13.8 Å². The van der Waals surface area contributed by atoms with Crippen molar-refractivity contribution in [1.29, 1.82) is 0 Å². The van der Waals surface area contributed by atoms with Crippen LogP contribution in [0.5, 0.6) is 0 Å². The molecule has 1 aliphatic heterocycles. The van der Waals surface area contributed by atoms with E-state index in [9.17, 15) is 13.2 Å². The largest absolute Gasteiger partial charge is 0.416 e. The summed E-state index contributed by atoms with van der Waals surface area (Å²) in [7, 11) is 1.50. The van der Waals surface area contributed by atoms with Crippen molar-refractivity contribution in [1.82, 2.24) is 5.06 Å². The average Bonchev–Trinajstić information content (AvgIpc) is 2.87. The quantitative estimate of drug-likeness (QED) is 0.379. The number of halogens is 3. The molecule has 5 nitrogen and oxygen atoms in total. The van der Waals surface area contributed by atoms with Crippen LogP contribution in [-0.2, 0) is 24.0 Å². The zero-order valence-corrected chi connectivity index (χ0v) is 23.8. The lowest BCUT2D eigenvalue weighted by Gasteiger charge is -2.33. The van der Waals surface area contributed by atoms with Crippen LogP contribution in [0, 0.1) is 6.92 Å². The second-order valence-corrected chi connectivity index (χ2v) is 7.92. The molecule has 0 aliphatic carbocycles. The minimum atomic E-state index is -4.30. The second kappa shape index (κ2) is 21.5. The van der Waals surface area contributed by atoms with E-state index in [2.05, 4.69) is 57.7 Å². The lowest BCUT2D eigenvalue weighted by molar-refractivity contribution is -0.222. The molecule has 1 saturated heterocycles. The van der Waals surface area contributed by atoms with Gasteiger partial charge in [0.2, 0.25) is 0 Å². The van der Waals surface area contributed by atoms with Crippen LogP contribution in [0.25, 0.3) is 0 Å². The van der Waals surface area contributed by atoms with E-state index in [-0.39, 0.29) is 12.1 Å². The molecule has 1 heterocycles. The summed E-state index contributed by atoms with van der Waals surface area (Å²) < 4.78 is 36.5. The van der Waals surface area contributed by atoms with E-state index in [4.69, 9.17) is 16.3 Å². The predicted molar refractivity (Wildman–Crippen MR) is 150 cm³/mol. The van der Waals surface area contributed by atoms with E-state index in [1.54, 1.807) is 5.06 Å². The molecule has 2 aromatic carbocycles. The number of alkyl halides is 3. The van der Waals surface area contributed by atoms with E-state index in [0.717, 1.165) is 37.0 Å². The molecule has 0 amide bonds. The fourth-order valence-corrected chi connectivity index (χ4v) is 3.10. The first-order valence-corrected chi connectivity index (χ1v) is 13.0. The third-order valence-corrected chi connectivity index (χ3v) is 5.21. The van der Waals surface area contributed by atoms with Gasteiger partial charge >= 0.3 is 6.18 Å². The molecule has 0 bridgehead atoms. The molecule has 8 heteroatoms. The molecule has 0 spiro atoms. The van der Waals surface area contributed by atoms with Gasteiger partial charge in [-0.1, -0.05) is 89.4 Å². The summed E-state index contributed by atoms with van der Waals surface area (Å²) in [5.41, 5.74) is 18.9. The number of hydroxylamine groups is 2. The molecule has 6 N–H and O–H groups in total. The van der Waals surface area contributed by atoms with Crippen molar-refractivity contribution in [2.75, 3.05) is 20.2 Å². The van der Waals surface area contributed by atoms with Crippen LogP contribution in [0.2, 0.25) is 0 Å². The maximum absolute atomic E-state index is 12.2. The summed E-state index contributed by atoms with van der Waals surface area (Å²) in [5, 5.41) is 1.76. The van der Waals surface area contributed by atoms with Crippen LogP contribution in [-0.4, -0.2) is 25.3 Å². The van der Waals surface area contributed by atoms with Gasteiger partial charge in [0.1, 0.15) is 5.82 Å². The zero-order valence-electron chi connectivity index (χ0n) is 23.8. The number of allylic oxidation sites excluding steroid dienone is 1. The molecule has 0 saturated carbocycles. The summed E-state index contributed by atoms with van der Waals surface area (Å²) in [6.45, 7) is 14.2. The number of hydrogen-bond donors (Lipinski definition) is 3. The molecule has 0 radical (unpaired) electrons. The first kappa shape index (κ1) is 36.6. The molecule has 1 fully saturated rings. The van der Waals surface area contributed by atoms with Crippen LogP contribution in [0.1, 0.15) is 76.1 Å². The zero-order chi connectivity index (χ0) is 28.9. The Balaban J connectivity index is 0. The van der Waals surface area contributed by atoms with Gasteiger partial charge in [0, 0.05) is 6.54 Å². The molecule has 3 rings (SSSR count). The number of unbranched alkanes of at least 4 members (excludes halogenated alkanes) is 2. The van der Waals surface area contributed by atoms with Crippen LogP contribution >= 0.6 is 0 Å². The van der Waals surface area contributed by atoms with Crippen LogP contribution in [0.4, 0.5) is 13.2 Å². The predicted octanol–water partition coefficient (Wildman–Crippen LogP) is 6.94. The molecule has 0 unspecified atom stereocenters. The number of aryl methyl sites for hydroxylation is 1. The van der Waals surface area contributed by atoms with E-state index < -0.39 is 11.7 Å². The van der Waals surface area contributed by atoms with Crippen LogP contribution in [0.15, 0.2) is 59.9 Å². The normalized spacial score (nSPS) is 12.5. The average molecular weight is 527 g/mol. The first-order chi connectivity index (χ1) is 17.6. The second-order valence-electron chi connectivity index (χ2n) is 7.92. The lowest BCUT2D eigenvalue weighted by atomic mass is 10.0. The van der Waals surface area contributed by atoms with Crippen LogP contribution in [0.3, 0.4) is 0 Å². The fourth-order valence-electron chi connectivity index (χ4n) is 3.10. The van der Waals surface area contributed by atoms with Gasteiger partial charge in [0.05, 0.1) is 18.7 Å². The van der Waals surface area contributed by atoms with E-state index >= 15 is 0 Å². The number of rotatable bonds is 6. The molecule has 37 heavy (non-hydrogen) atoms. The highest BCUT2D eigenvalue weighted by molar-refractivity contribution is 5.30. The highest BCUT2D eigenvalue weighted by Gasteiger charge is 2.32. The van der Waals surface area contributed by atoms with E-state index in [1.165, 1.54) is 55.6 Å². The van der Waals surface area contributed by atoms with Crippen molar-refractivity contribution in [2.24, 2.45) is 17.2 Å². The standard InChI is InChI=1S/C13H18N2O.C8H8F3N.C5H12.C2H6.CH5N/c1-10-5-3-4-6-12(10)9-11(2)13(14)15-7-8-16-15;9-8(10,11)7-4-2-1-3-6(7)5-12;1-3-5-4-2;2*1-2/h3-6H,7-9,14H2,1-2H3;1-4H,5,12H2;3-5H2,1-2H3;1-2H3;2H2,1H3/b13-11+;;;;. The Morgan fingerprint density at radius 3 is 1.78 bits per heavy atom. The number of benzene rings is 2. The summed E-state index contributed by atoms with van der Waals surface area (Å²) in [4.78, 5) is 5.23. The Morgan fingerprint density at radius 2 is 1.43 bits per heavy atom. The Kier molecular flexibility index (Phi) is 21.3. The topological polar surface area (TPSA) is 90.5 Å². The highest BCUT2D eigenvalue weighted by atomic mass is 19.4. The summed E-state index contributed by atoms with van der Waals surface area (Å²) in [6, 6.07) is 13.7. The van der Waals surface area contributed by atoms with Crippen molar-refractivity contribution in [3.63, 3.8) is 0 Å². The van der Waals surface area contributed by atoms with Crippen LogP contribution < -0.4 is 17.2 Å². The van der Waals surface area contributed by atoms with Gasteiger partial charge < -0.3 is 17.2 Å². The minimum absolute atomic E-state index is 0.0876. The molecular formula is C29H49F3N4O. The molecular weight excluding hydrogens is 477 g/mol. The van der Waals surface area contributed by atoms with Gasteiger partial charge in [0.25, 0.3) is 0 Å². The smallest absolute Gasteiger partial charge is 0.384 e. The maximum Gasteiger partial charge on any atom is 0.416 e. The van der Waals surface area contributed by atoms with Crippen molar-refractivity contribution in [3.8, 4) is 0 Å². The fraction of sp³-hybridized carbons (Fsp3) is 0.517. The van der Waals surface area contributed by atoms with Gasteiger partial charge in [0.15, 0.2) is 0 Å². The van der Waals surface area contributed by atoms with Crippen molar-refractivity contribution in [2.45, 2.75) is 79.9 Å². The molecule has 212 valence electrons. The first-order valence-electron chi connectivity index (χ1n) is 13.0. The minimum Gasteiger partial charge on any atom is -0.384 e. The highest BCUT2D eigenvalue weighted by Crippen LogP contribution is 2.31. The van der Waals surface area contributed by atoms with Gasteiger partial charge in [-0.15, -0.1) is 0 Å². The summed E-state index contributed by atoms with van der Waals surface area (Å²) in [6.07, 6.45) is 0.668. The van der Waals surface area contributed by atoms with Gasteiger partial charge in [-0.05, 0) is 55.6 Å². The summed E-state index contributed by atoms with van der Waals surface area (Å²) in [5.74, 6) is 0.759. The monoisotopic (exact) mass is 526 g/mol. The number of nitrogens with zero attached hydrogens (tertiary/aromatic N) is 1. The molecule has 1 aliphatic rings. The Labute approximate surface area is 222 Å². The number of hydrogen-bond acceptors (Lipinski definition) is 5. The Bertz CT molecular complexity index is 864. The SMILES string of the molecule is C/C(Cc1ccccc1C)=C(/N)N1CCO1.CC.CCCCC.CN.NCc1ccccc1C(F)(F)F. The van der Waals surface area contributed by atoms with Crippen molar-refractivity contribution < 1.29 is 18.0 Å². The van der Waals surface area contributed by atoms with Crippen molar-refractivity contribution in [3.05, 3.63) is 82.2 Å². The van der Waals surface area contributed by atoms with Crippen molar-refractivity contribution >= 4 is 0 Å².